The average molecular weight is 382 g/mol. The molecular formula is C16H23FN6O4. The monoisotopic (exact) mass is 382 g/mol. The van der Waals surface area contributed by atoms with Gasteiger partial charge in [-0.05, 0) is 32.1 Å². The van der Waals surface area contributed by atoms with Gasteiger partial charge in [0.25, 0.3) is 0 Å². The first-order chi connectivity index (χ1) is 12.9. The topological polar surface area (TPSA) is 145 Å². The summed E-state index contributed by atoms with van der Waals surface area (Å²) >= 11 is 0. The van der Waals surface area contributed by atoms with Crippen molar-refractivity contribution in [3.63, 3.8) is 0 Å². The van der Waals surface area contributed by atoms with E-state index in [1.165, 1.54) is 0 Å². The summed E-state index contributed by atoms with van der Waals surface area (Å²) in [6, 6.07) is -0.557. The van der Waals surface area contributed by atoms with Crippen molar-refractivity contribution in [1.82, 2.24) is 9.97 Å². The van der Waals surface area contributed by atoms with Crippen molar-refractivity contribution in [2.24, 2.45) is 11.7 Å². The highest BCUT2D eigenvalue weighted by Crippen LogP contribution is 2.29. The van der Waals surface area contributed by atoms with Gasteiger partial charge in [-0.3, -0.25) is 14.9 Å². The summed E-state index contributed by atoms with van der Waals surface area (Å²) in [6.45, 7) is 0.429. The molecule has 1 aromatic heterocycles. The lowest BCUT2D eigenvalue weighted by Crippen LogP contribution is -2.39. The van der Waals surface area contributed by atoms with Gasteiger partial charge >= 0.3 is 5.69 Å². The van der Waals surface area contributed by atoms with Gasteiger partial charge in [0.1, 0.15) is 12.4 Å². The Hall–Kier alpha value is -2.56. The Balaban J connectivity index is 1.70. The van der Waals surface area contributed by atoms with E-state index in [2.05, 4.69) is 20.6 Å². The van der Waals surface area contributed by atoms with Crippen molar-refractivity contribution in [2.45, 2.75) is 50.4 Å². The predicted octanol–water partition coefficient (Wildman–Crippen LogP) is 1.38. The van der Waals surface area contributed by atoms with Crippen molar-refractivity contribution in [3.8, 4) is 0 Å². The molecule has 11 heteroatoms. The molecule has 2 aliphatic rings. The molecule has 1 saturated heterocycles. The molecule has 148 valence electrons. The fourth-order valence-corrected chi connectivity index (χ4v) is 3.43. The Kier molecular flexibility index (Phi) is 5.99. The third-order valence-electron chi connectivity index (χ3n) is 5.04. The molecule has 1 aromatic rings. The lowest BCUT2D eigenvalue weighted by Gasteiger charge is -2.28. The molecule has 0 radical (unpaired) electrons. The summed E-state index contributed by atoms with van der Waals surface area (Å²) in [5, 5.41) is 17.3. The summed E-state index contributed by atoms with van der Waals surface area (Å²) < 4.78 is 19.0. The number of nitrogens with zero attached hydrogens (tertiary/aromatic N) is 3. The molecular weight excluding hydrogens is 359 g/mol. The molecule has 27 heavy (non-hydrogen) atoms. The van der Waals surface area contributed by atoms with Gasteiger partial charge in [0.05, 0.1) is 17.6 Å². The van der Waals surface area contributed by atoms with Crippen molar-refractivity contribution in [1.29, 1.82) is 0 Å². The fraction of sp³-hybridized carbons (Fsp3) is 0.688. The lowest BCUT2D eigenvalue weighted by molar-refractivity contribution is -0.384. The van der Waals surface area contributed by atoms with Crippen LogP contribution >= 0.6 is 0 Å². The van der Waals surface area contributed by atoms with Crippen LogP contribution in [-0.4, -0.2) is 52.3 Å². The van der Waals surface area contributed by atoms with Crippen LogP contribution in [-0.2, 0) is 9.53 Å². The van der Waals surface area contributed by atoms with Crippen molar-refractivity contribution in [3.05, 3.63) is 16.3 Å². The number of halogens is 1. The quantitative estimate of drug-likeness (QED) is 0.494. The van der Waals surface area contributed by atoms with E-state index in [9.17, 15) is 19.3 Å². The van der Waals surface area contributed by atoms with Crippen LogP contribution in [0, 0.1) is 16.0 Å². The molecule has 0 spiro atoms. The van der Waals surface area contributed by atoms with E-state index < -0.39 is 17.1 Å². The van der Waals surface area contributed by atoms with Gasteiger partial charge in [0, 0.05) is 18.6 Å². The number of rotatable bonds is 6. The van der Waals surface area contributed by atoms with Gasteiger partial charge in [-0.15, -0.1) is 0 Å². The molecule has 2 heterocycles. The molecule has 0 bridgehead atoms. The van der Waals surface area contributed by atoms with Crippen LogP contribution in [0.4, 0.5) is 21.8 Å². The van der Waals surface area contributed by atoms with Crippen LogP contribution in [0.15, 0.2) is 6.20 Å². The maximum atomic E-state index is 13.9. The highest BCUT2D eigenvalue weighted by atomic mass is 19.1. The number of aromatic nitrogens is 2. The molecule has 1 saturated carbocycles. The van der Waals surface area contributed by atoms with Crippen LogP contribution in [0.1, 0.15) is 32.1 Å². The minimum Gasteiger partial charge on any atom is -0.378 e. The van der Waals surface area contributed by atoms with E-state index in [0.717, 1.165) is 6.20 Å². The van der Waals surface area contributed by atoms with Crippen LogP contribution < -0.4 is 16.4 Å². The Bertz CT molecular complexity index is 697. The van der Waals surface area contributed by atoms with Crippen molar-refractivity contribution in [2.75, 3.05) is 23.8 Å². The van der Waals surface area contributed by atoms with Crippen molar-refractivity contribution >= 4 is 23.4 Å². The van der Waals surface area contributed by atoms with E-state index >= 15 is 0 Å². The second-order valence-electron chi connectivity index (χ2n) is 6.91. The van der Waals surface area contributed by atoms with Crippen LogP contribution in [0.5, 0.6) is 0 Å². The standard InChI is InChI=1S/C16H23FN6O4/c17-11-8-27-6-5-12(11)21-16-19-7-13(23(25)26)15(22-16)20-10-3-1-9(2-4-10)14(18)24/h7,9-12H,1-6,8H2,(H2,18,24)(H2,19,20,21,22)/t9?,10?,11-,12-/m1/s1. The summed E-state index contributed by atoms with van der Waals surface area (Å²) in [6.07, 6.45) is 2.94. The Morgan fingerprint density at radius 3 is 2.67 bits per heavy atom. The molecule has 10 nitrogen and oxygen atoms in total. The zero-order valence-corrected chi connectivity index (χ0v) is 14.8. The van der Waals surface area contributed by atoms with Crippen LogP contribution in [0.25, 0.3) is 0 Å². The predicted molar refractivity (Wildman–Crippen MR) is 95.0 cm³/mol. The van der Waals surface area contributed by atoms with Gasteiger partial charge in [-0.1, -0.05) is 0 Å². The average Bonchev–Trinajstić information content (AvgIpc) is 2.64. The Morgan fingerprint density at radius 1 is 1.30 bits per heavy atom. The smallest absolute Gasteiger partial charge is 0.329 e. The SMILES string of the molecule is NC(=O)C1CCC(Nc2nc(N[C@@H]3CCOC[C@H]3F)ncc2[N+](=O)[O-])CC1. The highest BCUT2D eigenvalue weighted by Gasteiger charge is 2.29. The minimum absolute atomic E-state index is 0.00113. The molecule has 1 aliphatic heterocycles. The van der Waals surface area contributed by atoms with Gasteiger partial charge in [0.15, 0.2) is 0 Å². The van der Waals surface area contributed by atoms with Gasteiger partial charge in [-0.2, -0.15) is 4.98 Å². The van der Waals surface area contributed by atoms with E-state index in [-0.39, 0.29) is 41.9 Å². The van der Waals surface area contributed by atoms with Gasteiger partial charge in [0.2, 0.25) is 17.7 Å². The maximum Gasteiger partial charge on any atom is 0.329 e. The molecule has 2 fully saturated rings. The zero-order chi connectivity index (χ0) is 19.4. The number of primary amides is 1. The number of nitrogens with two attached hydrogens (primary N) is 1. The van der Waals surface area contributed by atoms with E-state index in [1.807, 2.05) is 0 Å². The molecule has 1 amide bonds. The number of carbonyl (C=O) groups is 1. The van der Waals surface area contributed by atoms with Gasteiger partial charge in [-0.25, -0.2) is 9.37 Å². The first-order valence-corrected chi connectivity index (χ1v) is 8.99. The number of hydrogen-bond donors (Lipinski definition) is 3. The minimum atomic E-state index is -1.20. The van der Waals surface area contributed by atoms with Crippen molar-refractivity contribution < 1.29 is 18.8 Å². The summed E-state index contributed by atoms with van der Waals surface area (Å²) in [5.41, 5.74) is 5.08. The first kappa shape index (κ1) is 19.2. The number of nitro groups is 1. The zero-order valence-electron chi connectivity index (χ0n) is 14.8. The number of hydrogen-bond acceptors (Lipinski definition) is 8. The third kappa shape index (κ3) is 4.79. The number of nitrogens with one attached hydrogen (secondary N) is 2. The molecule has 1 aliphatic carbocycles. The maximum absolute atomic E-state index is 13.9. The number of alkyl halides is 1. The largest absolute Gasteiger partial charge is 0.378 e. The fourth-order valence-electron chi connectivity index (χ4n) is 3.43. The normalized spacial score (nSPS) is 28.3. The Morgan fingerprint density at radius 2 is 2.04 bits per heavy atom. The number of anilines is 2. The number of carbonyl (C=O) groups excluding carboxylic acids is 1. The van der Waals surface area contributed by atoms with Crippen LogP contribution in [0.2, 0.25) is 0 Å². The lowest BCUT2D eigenvalue weighted by atomic mass is 9.85. The summed E-state index contributed by atoms with van der Waals surface area (Å²) in [5.74, 6) is -0.258. The molecule has 4 N–H and O–H groups in total. The second-order valence-corrected chi connectivity index (χ2v) is 6.91. The Labute approximate surface area is 155 Å². The number of amides is 1. The van der Waals surface area contributed by atoms with E-state index in [4.69, 9.17) is 10.5 Å². The highest BCUT2D eigenvalue weighted by molar-refractivity contribution is 5.76. The summed E-state index contributed by atoms with van der Waals surface area (Å²) in [7, 11) is 0. The first-order valence-electron chi connectivity index (χ1n) is 8.99. The van der Waals surface area contributed by atoms with Gasteiger partial charge < -0.3 is 21.1 Å². The third-order valence-corrected chi connectivity index (χ3v) is 5.04. The second kappa shape index (κ2) is 8.42. The molecule has 0 aromatic carbocycles. The number of ether oxygens (including phenoxy) is 1. The molecule has 3 rings (SSSR count). The summed E-state index contributed by atoms with van der Waals surface area (Å²) in [4.78, 5) is 30.1. The molecule has 0 unspecified atom stereocenters. The van der Waals surface area contributed by atoms with E-state index in [1.54, 1.807) is 0 Å². The van der Waals surface area contributed by atoms with E-state index in [0.29, 0.717) is 38.7 Å². The van der Waals surface area contributed by atoms with Crippen LogP contribution in [0.3, 0.4) is 0 Å². The molecule has 2 atom stereocenters.